The molecule has 0 radical (unpaired) electrons. The van der Waals surface area contributed by atoms with Crippen LogP contribution in [0.2, 0.25) is 5.02 Å². The van der Waals surface area contributed by atoms with Crippen molar-refractivity contribution < 1.29 is 22.7 Å². The summed E-state index contributed by atoms with van der Waals surface area (Å²) in [7, 11) is 0. The van der Waals surface area contributed by atoms with Crippen molar-refractivity contribution in [2.45, 2.75) is 44.7 Å². The summed E-state index contributed by atoms with van der Waals surface area (Å²) in [5.41, 5.74) is 0.385. The Hall–Kier alpha value is -1.02. The van der Waals surface area contributed by atoms with Crippen LogP contribution in [-0.4, -0.2) is 42.6 Å². The van der Waals surface area contributed by atoms with Gasteiger partial charge in [-0.15, -0.1) is 12.4 Å². The Balaban J connectivity index is 0.00000243. The normalized spacial score (nSPS) is 26.1. The maximum Gasteiger partial charge on any atom is 0.416 e. The number of nitrogens with zero attached hydrogens (tertiary/aromatic N) is 1. The molecule has 0 saturated carbocycles. The van der Waals surface area contributed by atoms with Gasteiger partial charge in [0.15, 0.2) is 0 Å². The lowest BCUT2D eigenvalue weighted by Gasteiger charge is -2.39. The number of halogens is 5. The number of alkyl halides is 3. The van der Waals surface area contributed by atoms with E-state index in [0.717, 1.165) is 12.1 Å². The maximum absolute atomic E-state index is 13.0. The molecule has 9 heteroatoms. The number of carbonyl (C=O) groups is 1. The van der Waals surface area contributed by atoms with E-state index in [9.17, 15) is 18.0 Å². The number of ether oxygens (including phenoxy) is 1. The summed E-state index contributed by atoms with van der Waals surface area (Å²) in [4.78, 5) is 14.4. The van der Waals surface area contributed by atoms with Gasteiger partial charge in [-0.2, -0.15) is 13.2 Å². The van der Waals surface area contributed by atoms with E-state index in [1.165, 1.54) is 0 Å². The molecule has 0 unspecified atom stereocenters. The van der Waals surface area contributed by atoms with Crippen LogP contribution in [0.3, 0.4) is 0 Å². The lowest BCUT2D eigenvalue weighted by atomic mass is 9.91. The minimum atomic E-state index is -4.44. The van der Waals surface area contributed by atoms with Gasteiger partial charge < -0.3 is 15.0 Å². The molecule has 0 spiro atoms. The molecular weight excluding hydrogens is 392 g/mol. The van der Waals surface area contributed by atoms with Gasteiger partial charge in [0, 0.05) is 24.7 Å². The number of hydrogen-bond acceptors (Lipinski definition) is 3. The van der Waals surface area contributed by atoms with Gasteiger partial charge in [0.05, 0.1) is 17.7 Å². The average molecular weight is 413 g/mol. The Bertz CT molecular complexity index is 685. The highest BCUT2D eigenvalue weighted by molar-refractivity contribution is 6.31. The van der Waals surface area contributed by atoms with Crippen LogP contribution >= 0.6 is 24.0 Å². The monoisotopic (exact) mass is 412 g/mol. The first-order valence-corrected chi connectivity index (χ1v) is 8.62. The first-order valence-electron chi connectivity index (χ1n) is 8.24. The van der Waals surface area contributed by atoms with Crippen molar-refractivity contribution in [3.63, 3.8) is 0 Å². The molecule has 1 aromatic carbocycles. The third kappa shape index (κ3) is 4.11. The Labute approximate surface area is 161 Å². The van der Waals surface area contributed by atoms with E-state index < -0.39 is 23.9 Å². The smallest absolute Gasteiger partial charge is 0.363 e. The molecule has 0 aromatic heterocycles. The summed E-state index contributed by atoms with van der Waals surface area (Å²) >= 11 is 6.15. The third-order valence-electron chi connectivity index (χ3n) is 4.77. The second-order valence-corrected chi connectivity index (χ2v) is 6.99. The van der Waals surface area contributed by atoms with Crippen molar-refractivity contribution in [1.82, 2.24) is 10.2 Å². The van der Waals surface area contributed by atoms with Crippen molar-refractivity contribution in [2.75, 3.05) is 19.6 Å². The SMILES string of the molecule is C[C@@H]1CNC[C@H](C(=O)N2CCc3cc(C(F)(F)F)cc(Cl)c3[C@@H]2C)O1.Cl. The minimum Gasteiger partial charge on any atom is -0.363 e. The van der Waals surface area contributed by atoms with Gasteiger partial charge >= 0.3 is 6.18 Å². The molecule has 0 bridgehead atoms. The summed E-state index contributed by atoms with van der Waals surface area (Å²) in [6.45, 7) is 5.14. The Kier molecular flexibility index (Phi) is 6.48. The number of fused-ring (bicyclic) bond motifs is 1. The molecule has 1 saturated heterocycles. The van der Waals surface area contributed by atoms with E-state index in [-0.39, 0.29) is 29.4 Å². The molecule has 1 amide bonds. The highest BCUT2D eigenvalue weighted by Gasteiger charge is 2.38. The number of hydrogen-bond donors (Lipinski definition) is 1. The minimum absolute atomic E-state index is 0. The lowest BCUT2D eigenvalue weighted by Crippen LogP contribution is -2.53. The summed E-state index contributed by atoms with van der Waals surface area (Å²) in [5, 5.41) is 3.20. The number of benzene rings is 1. The molecule has 2 aliphatic rings. The zero-order valence-corrected chi connectivity index (χ0v) is 16.0. The van der Waals surface area contributed by atoms with E-state index in [1.54, 1.807) is 11.8 Å². The first kappa shape index (κ1) is 21.3. The van der Waals surface area contributed by atoms with E-state index in [1.807, 2.05) is 6.92 Å². The standard InChI is InChI=1S/C17H20ClF3N2O2.ClH/c1-9-7-22-8-14(25-9)16(24)23-4-3-11-5-12(17(19,20)21)6-13(18)15(11)10(23)2;/h5-6,9-10,14,22H,3-4,7-8H2,1-2H3;1H/t9-,10+,14-;/m1./s1. The molecule has 146 valence electrons. The molecule has 3 atom stereocenters. The van der Waals surface area contributed by atoms with Crippen LogP contribution in [0, 0.1) is 0 Å². The van der Waals surface area contributed by atoms with Gasteiger partial charge in [0.1, 0.15) is 6.10 Å². The van der Waals surface area contributed by atoms with Crippen molar-refractivity contribution in [3.05, 3.63) is 33.8 Å². The quantitative estimate of drug-likeness (QED) is 0.765. The van der Waals surface area contributed by atoms with E-state index in [4.69, 9.17) is 16.3 Å². The van der Waals surface area contributed by atoms with Gasteiger partial charge in [-0.25, -0.2) is 0 Å². The van der Waals surface area contributed by atoms with Crippen LogP contribution in [0.15, 0.2) is 12.1 Å². The fourth-order valence-electron chi connectivity index (χ4n) is 3.53. The number of amides is 1. The summed E-state index contributed by atoms with van der Waals surface area (Å²) < 4.78 is 44.6. The molecule has 2 aliphatic heterocycles. The zero-order chi connectivity index (χ0) is 18.4. The van der Waals surface area contributed by atoms with Gasteiger partial charge in [-0.05, 0) is 43.5 Å². The largest absolute Gasteiger partial charge is 0.416 e. The molecule has 1 aromatic rings. The Morgan fingerprint density at radius 2 is 2.00 bits per heavy atom. The van der Waals surface area contributed by atoms with E-state index >= 15 is 0 Å². The Morgan fingerprint density at radius 3 is 2.62 bits per heavy atom. The predicted molar refractivity (Wildman–Crippen MR) is 94.7 cm³/mol. The molecule has 0 aliphatic carbocycles. The lowest BCUT2D eigenvalue weighted by molar-refractivity contribution is -0.152. The topological polar surface area (TPSA) is 41.6 Å². The van der Waals surface area contributed by atoms with Crippen molar-refractivity contribution in [1.29, 1.82) is 0 Å². The molecular formula is C17H21Cl2F3N2O2. The van der Waals surface area contributed by atoms with Gasteiger partial charge in [-0.3, -0.25) is 4.79 Å². The Morgan fingerprint density at radius 1 is 1.31 bits per heavy atom. The molecule has 1 fully saturated rings. The molecule has 1 N–H and O–H groups in total. The van der Waals surface area contributed by atoms with Gasteiger partial charge in [-0.1, -0.05) is 11.6 Å². The predicted octanol–water partition coefficient (Wildman–Crippen LogP) is 3.60. The summed E-state index contributed by atoms with van der Waals surface area (Å²) in [5.74, 6) is -0.159. The van der Waals surface area contributed by atoms with E-state index in [0.29, 0.717) is 37.2 Å². The number of carbonyl (C=O) groups excluding carboxylic acids is 1. The fourth-order valence-corrected chi connectivity index (χ4v) is 3.93. The second-order valence-electron chi connectivity index (χ2n) is 6.58. The van der Waals surface area contributed by atoms with E-state index in [2.05, 4.69) is 5.32 Å². The van der Waals surface area contributed by atoms with Gasteiger partial charge in [0.2, 0.25) is 0 Å². The fraction of sp³-hybridized carbons (Fsp3) is 0.588. The first-order chi connectivity index (χ1) is 11.7. The van der Waals surface area contributed by atoms with Crippen LogP contribution in [0.1, 0.15) is 36.6 Å². The van der Waals surface area contributed by atoms with Crippen LogP contribution in [-0.2, 0) is 22.1 Å². The van der Waals surface area contributed by atoms with Crippen molar-refractivity contribution >= 4 is 29.9 Å². The van der Waals surface area contributed by atoms with Crippen LogP contribution in [0.4, 0.5) is 13.2 Å². The molecule has 4 nitrogen and oxygen atoms in total. The van der Waals surface area contributed by atoms with Crippen LogP contribution < -0.4 is 5.32 Å². The highest BCUT2D eigenvalue weighted by Crippen LogP contribution is 2.40. The van der Waals surface area contributed by atoms with Crippen LogP contribution in [0.25, 0.3) is 0 Å². The van der Waals surface area contributed by atoms with Crippen molar-refractivity contribution in [3.8, 4) is 0 Å². The van der Waals surface area contributed by atoms with Crippen LogP contribution in [0.5, 0.6) is 0 Å². The number of morpholine rings is 1. The number of rotatable bonds is 1. The van der Waals surface area contributed by atoms with Crippen molar-refractivity contribution in [2.24, 2.45) is 0 Å². The summed E-state index contributed by atoms with van der Waals surface area (Å²) in [6.07, 6.45) is -4.74. The summed E-state index contributed by atoms with van der Waals surface area (Å²) in [6, 6.07) is 1.68. The number of nitrogens with one attached hydrogen (secondary N) is 1. The second kappa shape index (κ2) is 7.92. The highest BCUT2D eigenvalue weighted by atomic mass is 35.5. The molecule has 3 rings (SSSR count). The molecule has 26 heavy (non-hydrogen) atoms. The average Bonchev–Trinajstić information content (AvgIpc) is 2.53. The maximum atomic E-state index is 13.0. The van der Waals surface area contributed by atoms with Gasteiger partial charge in [0.25, 0.3) is 5.91 Å². The molecule has 2 heterocycles. The third-order valence-corrected chi connectivity index (χ3v) is 5.08. The zero-order valence-electron chi connectivity index (χ0n) is 14.4.